The highest BCUT2D eigenvalue weighted by Gasteiger charge is 2.45. The third kappa shape index (κ3) is 2.16. The summed E-state index contributed by atoms with van der Waals surface area (Å²) in [6, 6.07) is 0. The van der Waals surface area contributed by atoms with E-state index in [2.05, 4.69) is 10.6 Å². The number of carboxylic acid groups (broad SMARTS) is 1. The number of aliphatic carboxylic acids is 1. The molecule has 2 unspecified atom stereocenters. The van der Waals surface area contributed by atoms with Crippen molar-refractivity contribution in [2.24, 2.45) is 11.8 Å². The summed E-state index contributed by atoms with van der Waals surface area (Å²) in [6.07, 6.45) is 3.21. The molecule has 0 aromatic heterocycles. The standard InChI is InChI=1S/C11H20N2O2/c1-8-6-12-5-4-11(8,10(14)15)13-7-9-2-3-9/h8-9,12-13H,2-7H2,1H3,(H,14,15). The number of piperidine rings is 1. The molecule has 1 aliphatic carbocycles. The Morgan fingerprint density at radius 1 is 1.60 bits per heavy atom. The molecule has 1 saturated carbocycles. The first-order valence-electron chi connectivity index (χ1n) is 5.84. The van der Waals surface area contributed by atoms with Gasteiger partial charge >= 0.3 is 5.97 Å². The largest absolute Gasteiger partial charge is 0.480 e. The molecule has 86 valence electrons. The maximum Gasteiger partial charge on any atom is 0.324 e. The van der Waals surface area contributed by atoms with Crippen LogP contribution in [0.2, 0.25) is 0 Å². The summed E-state index contributed by atoms with van der Waals surface area (Å²) in [5.41, 5.74) is -0.687. The third-order valence-electron chi connectivity index (χ3n) is 3.77. The molecule has 1 heterocycles. The van der Waals surface area contributed by atoms with Crippen LogP contribution in [0.1, 0.15) is 26.2 Å². The number of carboxylic acids is 1. The molecular weight excluding hydrogens is 192 g/mol. The lowest BCUT2D eigenvalue weighted by atomic mass is 9.79. The van der Waals surface area contributed by atoms with Crippen molar-refractivity contribution in [2.75, 3.05) is 19.6 Å². The highest BCUT2D eigenvalue weighted by Crippen LogP contribution is 2.31. The number of hydrogen-bond donors (Lipinski definition) is 3. The van der Waals surface area contributed by atoms with E-state index in [-0.39, 0.29) is 5.92 Å². The molecule has 2 fully saturated rings. The summed E-state index contributed by atoms with van der Waals surface area (Å²) < 4.78 is 0. The van der Waals surface area contributed by atoms with Gasteiger partial charge in [0.2, 0.25) is 0 Å². The zero-order valence-electron chi connectivity index (χ0n) is 9.25. The van der Waals surface area contributed by atoms with Crippen LogP contribution >= 0.6 is 0 Å². The summed E-state index contributed by atoms with van der Waals surface area (Å²) in [4.78, 5) is 11.4. The van der Waals surface area contributed by atoms with Crippen LogP contribution in [0.15, 0.2) is 0 Å². The van der Waals surface area contributed by atoms with Gasteiger partial charge in [-0.05, 0) is 44.2 Å². The minimum absolute atomic E-state index is 0.155. The first-order valence-corrected chi connectivity index (χ1v) is 5.84. The Labute approximate surface area is 90.4 Å². The highest BCUT2D eigenvalue weighted by atomic mass is 16.4. The Morgan fingerprint density at radius 3 is 2.87 bits per heavy atom. The average Bonchev–Trinajstić information content (AvgIpc) is 3.00. The van der Waals surface area contributed by atoms with Crippen molar-refractivity contribution >= 4 is 5.97 Å². The second-order valence-electron chi connectivity index (χ2n) is 4.96. The quantitative estimate of drug-likeness (QED) is 0.633. The minimum atomic E-state index is -0.687. The van der Waals surface area contributed by atoms with Gasteiger partial charge in [0.15, 0.2) is 0 Å². The lowest BCUT2D eigenvalue weighted by Gasteiger charge is -2.40. The van der Waals surface area contributed by atoms with Crippen molar-refractivity contribution < 1.29 is 9.90 Å². The SMILES string of the molecule is CC1CNCCC1(NCC1CC1)C(=O)O. The molecule has 2 rings (SSSR count). The van der Waals surface area contributed by atoms with Gasteiger partial charge in [0.05, 0.1) is 0 Å². The van der Waals surface area contributed by atoms with Gasteiger partial charge in [-0.25, -0.2) is 0 Å². The Balaban J connectivity index is 2.02. The molecule has 3 N–H and O–H groups in total. The molecule has 0 amide bonds. The van der Waals surface area contributed by atoms with Gasteiger partial charge in [-0.2, -0.15) is 0 Å². The van der Waals surface area contributed by atoms with Crippen molar-refractivity contribution in [1.82, 2.24) is 10.6 Å². The summed E-state index contributed by atoms with van der Waals surface area (Å²) in [6.45, 7) is 4.48. The van der Waals surface area contributed by atoms with Gasteiger partial charge in [0.1, 0.15) is 5.54 Å². The molecule has 2 aliphatic rings. The zero-order valence-corrected chi connectivity index (χ0v) is 9.25. The monoisotopic (exact) mass is 212 g/mol. The van der Waals surface area contributed by atoms with Crippen molar-refractivity contribution in [3.05, 3.63) is 0 Å². The van der Waals surface area contributed by atoms with E-state index in [9.17, 15) is 9.90 Å². The Bertz CT molecular complexity index is 253. The second-order valence-corrected chi connectivity index (χ2v) is 4.96. The van der Waals surface area contributed by atoms with Crippen LogP contribution in [-0.4, -0.2) is 36.2 Å². The molecule has 4 nitrogen and oxygen atoms in total. The van der Waals surface area contributed by atoms with Crippen LogP contribution in [0.25, 0.3) is 0 Å². The van der Waals surface area contributed by atoms with E-state index in [0.29, 0.717) is 6.42 Å². The zero-order chi connectivity index (χ0) is 10.9. The molecule has 1 aliphatic heterocycles. The predicted octanol–water partition coefficient (Wildman–Crippen LogP) is 0.439. The molecule has 0 radical (unpaired) electrons. The molecule has 0 aromatic carbocycles. The summed E-state index contributed by atoms with van der Waals surface area (Å²) in [5.74, 6) is 0.197. The van der Waals surface area contributed by atoms with Gasteiger partial charge in [0.25, 0.3) is 0 Å². The maximum absolute atomic E-state index is 11.4. The van der Waals surface area contributed by atoms with Crippen LogP contribution in [-0.2, 0) is 4.79 Å². The average molecular weight is 212 g/mol. The molecule has 15 heavy (non-hydrogen) atoms. The Kier molecular flexibility index (Phi) is 2.98. The lowest BCUT2D eigenvalue weighted by molar-refractivity contribution is -0.148. The summed E-state index contributed by atoms with van der Waals surface area (Å²) in [5, 5.41) is 16.0. The van der Waals surface area contributed by atoms with E-state index >= 15 is 0 Å². The fourth-order valence-corrected chi connectivity index (χ4v) is 2.33. The molecule has 4 heteroatoms. The first-order chi connectivity index (χ1) is 7.15. The van der Waals surface area contributed by atoms with E-state index < -0.39 is 11.5 Å². The van der Waals surface area contributed by atoms with Crippen molar-refractivity contribution in [3.8, 4) is 0 Å². The fraction of sp³-hybridized carbons (Fsp3) is 0.909. The third-order valence-corrected chi connectivity index (χ3v) is 3.77. The summed E-state index contributed by atoms with van der Waals surface area (Å²) in [7, 11) is 0. The second kappa shape index (κ2) is 4.10. The molecule has 2 atom stereocenters. The van der Waals surface area contributed by atoms with Crippen LogP contribution in [0.4, 0.5) is 0 Å². The van der Waals surface area contributed by atoms with Crippen LogP contribution < -0.4 is 10.6 Å². The van der Waals surface area contributed by atoms with Crippen molar-refractivity contribution in [3.63, 3.8) is 0 Å². The number of nitrogens with one attached hydrogen (secondary N) is 2. The van der Waals surface area contributed by atoms with Crippen LogP contribution in [0.5, 0.6) is 0 Å². The van der Waals surface area contributed by atoms with Gasteiger partial charge in [-0.15, -0.1) is 0 Å². The van der Waals surface area contributed by atoms with E-state index in [1.807, 2.05) is 6.92 Å². The van der Waals surface area contributed by atoms with E-state index in [0.717, 1.165) is 25.6 Å². The lowest BCUT2D eigenvalue weighted by Crippen LogP contribution is -2.63. The number of carbonyl (C=O) groups is 1. The van der Waals surface area contributed by atoms with Crippen LogP contribution in [0.3, 0.4) is 0 Å². The molecule has 0 bridgehead atoms. The normalized spacial score (nSPS) is 36.5. The maximum atomic E-state index is 11.4. The first kappa shape index (κ1) is 10.9. The van der Waals surface area contributed by atoms with E-state index in [1.165, 1.54) is 12.8 Å². The fourth-order valence-electron chi connectivity index (χ4n) is 2.33. The molecule has 1 saturated heterocycles. The smallest absolute Gasteiger partial charge is 0.324 e. The van der Waals surface area contributed by atoms with Gasteiger partial charge in [0, 0.05) is 6.54 Å². The molecule has 0 spiro atoms. The molecular formula is C11H20N2O2. The van der Waals surface area contributed by atoms with Crippen molar-refractivity contribution in [2.45, 2.75) is 31.7 Å². The molecule has 0 aromatic rings. The Morgan fingerprint density at radius 2 is 2.33 bits per heavy atom. The topological polar surface area (TPSA) is 61.4 Å². The highest BCUT2D eigenvalue weighted by molar-refractivity contribution is 5.79. The Hall–Kier alpha value is -0.610. The van der Waals surface area contributed by atoms with Gasteiger partial charge < -0.3 is 15.7 Å². The number of hydrogen-bond acceptors (Lipinski definition) is 3. The number of rotatable bonds is 4. The van der Waals surface area contributed by atoms with Crippen molar-refractivity contribution in [1.29, 1.82) is 0 Å². The van der Waals surface area contributed by atoms with Gasteiger partial charge in [-0.3, -0.25) is 4.79 Å². The predicted molar refractivity (Wildman–Crippen MR) is 57.7 cm³/mol. The van der Waals surface area contributed by atoms with Gasteiger partial charge in [-0.1, -0.05) is 6.92 Å². The summed E-state index contributed by atoms with van der Waals surface area (Å²) >= 11 is 0. The van der Waals surface area contributed by atoms with E-state index in [1.54, 1.807) is 0 Å². The minimum Gasteiger partial charge on any atom is -0.480 e. The van der Waals surface area contributed by atoms with E-state index in [4.69, 9.17) is 0 Å². The van der Waals surface area contributed by atoms with Crippen LogP contribution in [0, 0.1) is 11.8 Å².